The number of rotatable bonds is 4. The van der Waals surface area contributed by atoms with Crippen molar-refractivity contribution in [2.45, 2.75) is 58.8 Å². The number of pyridine rings is 1. The first-order chi connectivity index (χ1) is 16.0. The van der Waals surface area contributed by atoms with Crippen molar-refractivity contribution in [2.75, 3.05) is 0 Å². The van der Waals surface area contributed by atoms with Crippen molar-refractivity contribution >= 4 is 11.8 Å². The molecule has 2 amide bonds. The Balaban J connectivity index is 1.66. The summed E-state index contributed by atoms with van der Waals surface area (Å²) in [4.78, 5) is 40.6. The summed E-state index contributed by atoms with van der Waals surface area (Å²) in [6, 6.07) is 0.774. The number of halogens is 3. The van der Waals surface area contributed by atoms with Gasteiger partial charge in [-0.3, -0.25) is 14.4 Å². The summed E-state index contributed by atoms with van der Waals surface area (Å²) in [5.74, 6) is -5.37. The summed E-state index contributed by atoms with van der Waals surface area (Å²) in [5, 5.41) is 12.8. The number of piperidine rings is 1. The van der Waals surface area contributed by atoms with E-state index in [1.807, 2.05) is 20.8 Å². The van der Waals surface area contributed by atoms with Gasteiger partial charge in [0.25, 0.3) is 11.8 Å². The number of carbonyl (C=O) groups is 2. The first kappa shape index (κ1) is 23.8. The molecular formula is C24H26F3N3O4. The lowest BCUT2D eigenvalue weighted by Gasteiger charge is -2.50. The fraction of sp³-hybridized carbons (Fsp3) is 0.458. The lowest BCUT2D eigenvalue weighted by molar-refractivity contribution is 0.00454. The first-order valence-corrected chi connectivity index (χ1v) is 11.2. The van der Waals surface area contributed by atoms with Gasteiger partial charge < -0.3 is 19.9 Å². The maximum Gasteiger partial charge on any atom is 0.275 e. The molecule has 0 bridgehead atoms. The van der Waals surface area contributed by atoms with E-state index in [9.17, 15) is 32.7 Å². The van der Waals surface area contributed by atoms with E-state index in [1.165, 1.54) is 10.8 Å². The van der Waals surface area contributed by atoms with E-state index in [0.29, 0.717) is 18.7 Å². The van der Waals surface area contributed by atoms with Crippen LogP contribution >= 0.6 is 0 Å². The van der Waals surface area contributed by atoms with Crippen LogP contribution in [0.1, 0.15) is 60.0 Å². The van der Waals surface area contributed by atoms with E-state index in [2.05, 4.69) is 5.32 Å². The van der Waals surface area contributed by atoms with Crippen molar-refractivity contribution in [2.24, 2.45) is 11.8 Å². The van der Waals surface area contributed by atoms with Crippen LogP contribution < -0.4 is 10.7 Å². The smallest absolute Gasteiger partial charge is 0.275 e. The number of amides is 2. The summed E-state index contributed by atoms with van der Waals surface area (Å²) in [6.45, 7) is 5.73. The topological polar surface area (TPSA) is 91.6 Å². The third-order valence-corrected chi connectivity index (χ3v) is 6.91. The van der Waals surface area contributed by atoms with Gasteiger partial charge >= 0.3 is 0 Å². The minimum absolute atomic E-state index is 0.0274. The molecule has 1 fully saturated rings. The molecule has 1 aromatic carbocycles. The minimum atomic E-state index is -1.18. The van der Waals surface area contributed by atoms with Gasteiger partial charge in [-0.2, -0.15) is 0 Å². The molecule has 182 valence electrons. The Morgan fingerprint density at radius 3 is 2.44 bits per heavy atom. The summed E-state index contributed by atoms with van der Waals surface area (Å²) in [5.41, 5.74) is -2.26. The highest BCUT2D eigenvalue weighted by Gasteiger charge is 2.45. The molecule has 3 atom stereocenters. The highest BCUT2D eigenvalue weighted by molar-refractivity contribution is 5.99. The van der Waals surface area contributed by atoms with Crippen LogP contribution in [0.4, 0.5) is 13.2 Å². The van der Waals surface area contributed by atoms with Gasteiger partial charge in [-0.1, -0.05) is 20.8 Å². The Kier molecular flexibility index (Phi) is 6.18. The average molecular weight is 477 g/mol. The Morgan fingerprint density at radius 1 is 1.18 bits per heavy atom. The number of hydrogen-bond acceptors (Lipinski definition) is 4. The second kappa shape index (κ2) is 8.81. The van der Waals surface area contributed by atoms with Crippen molar-refractivity contribution in [1.29, 1.82) is 0 Å². The Labute approximate surface area is 194 Å². The quantitative estimate of drug-likeness (QED) is 0.708. The van der Waals surface area contributed by atoms with Gasteiger partial charge in [0.1, 0.15) is 23.0 Å². The van der Waals surface area contributed by atoms with Crippen molar-refractivity contribution < 1.29 is 27.9 Å². The molecule has 2 aromatic rings. The van der Waals surface area contributed by atoms with Crippen LogP contribution in [0, 0.1) is 29.3 Å². The van der Waals surface area contributed by atoms with E-state index in [0.717, 1.165) is 12.8 Å². The molecule has 2 aliphatic rings. The van der Waals surface area contributed by atoms with Crippen LogP contribution in [0.5, 0.6) is 5.75 Å². The lowest BCUT2D eigenvalue weighted by Crippen LogP contribution is -2.60. The predicted molar refractivity (Wildman–Crippen MR) is 117 cm³/mol. The fourth-order valence-electron chi connectivity index (χ4n) is 5.02. The van der Waals surface area contributed by atoms with Crippen LogP contribution in [-0.4, -0.2) is 38.5 Å². The van der Waals surface area contributed by atoms with E-state index in [-0.39, 0.29) is 29.6 Å². The zero-order chi connectivity index (χ0) is 24.9. The van der Waals surface area contributed by atoms with Gasteiger partial charge in [0.15, 0.2) is 11.4 Å². The summed E-state index contributed by atoms with van der Waals surface area (Å²) in [7, 11) is 0. The van der Waals surface area contributed by atoms with Gasteiger partial charge in [0.2, 0.25) is 5.43 Å². The molecule has 0 spiro atoms. The van der Waals surface area contributed by atoms with Gasteiger partial charge in [-0.05, 0) is 24.7 Å². The summed E-state index contributed by atoms with van der Waals surface area (Å²) in [6.07, 6.45) is 2.94. The van der Waals surface area contributed by atoms with E-state index < -0.39 is 58.1 Å². The number of fused-ring (bicyclic) bond motifs is 2. The second-order valence-corrected chi connectivity index (χ2v) is 9.40. The number of nitrogens with zero attached hydrogens (tertiary/aromatic N) is 2. The van der Waals surface area contributed by atoms with Gasteiger partial charge in [0, 0.05) is 43.0 Å². The molecule has 2 aliphatic heterocycles. The second-order valence-electron chi connectivity index (χ2n) is 9.40. The van der Waals surface area contributed by atoms with E-state index in [4.69, 9.17) is 0 Å². The van der Waals surface area contributed by atoms with Gasteiger partial charge in [-0.25, -0.2) is 13.2 Å². The van der Waals surface area contributed by atoms with Crippen LogP contribution in [0.25, 0.3) is 0 Å². The molecule has 1 saturated heterocycles. The lowest BCUT2D eigenvalue weighted by atomic mass is 9.81. The molecular weight excluding hydrogens is 451 g/mol. The van der Waals surface area contributed by atoms with Crippen LogP contribution in [0.3, 0.4) is 0 Å². The highest BCUT2D eigenvalue weighted by atomic mass is 19.1. The summed E-state index contributed by atoms with van der Waals surface area (Å²) >= 11 is 0. The molecule has 2 N–H and O–H groups in total. The largest absolute Gasteiger partial charge is 0.503 e. The third kappa shape index (κ3) is 3.95. The first-order valence-electron chi connectivity index (χ1n) is 11.2. The summed E-state index contributed by atoms with van der Waals surface area (Å²) < 4.78 is 42.3. The van der Waals surface area contributed by atoms with Gasteiger partial charge in [0.05, 0.1) is 6.04 Å². The number of hydrogen-bond donors (Lipinski definition) is 2. The normalized spacial score (nSPS) is 21.9. The van der Waals surface area contributed by atoms with Crippen LogP contribution in [0.15, 0.2) is 23.1 Å². The average Bonchev–Trinajstić information content (AvgIpc) is 2.75. The molecule has 0 saturated carbocycles. The number of aromatic hydroxyl groups is 1. The number of carbonyl (C=O) groups excluding carboxylic acids is 2. The number of benzene rings is 1. The van der Waals surface area contributed by atoms with Crippen molar-refractivity contribution in [1.82, 2.24) is 14.8 Å². The molecule has 1 aromatic heterocycles. The van der Waals surface area contributed by atoms with Crippen LogP contribution in [-0.2, 0) is 13.1 Å². The molecule has 0 radical (unpaired) electrons. The zero-order valence-electron chi connectivity index (χ0n) is 19.1. The minimum Gasteiger partial charge on any atom is -0.503 e. The molecule has 3 heterocycles. The van der Waals surface area contributed by atoms with Gasteiger partial charge in [-0.15, -0.1) is 0 Å². The molecule has 7 nitrogen and oxygen atoms in total. The Bertz CT molecular complexity index is 1200. The standard InChI is InChI=1S/C24H26F3N3O4/c1-11(2)18-5-4-12(3)19-10-29-9-15(21(31)22(32)20(29)24(34)30(18)19)23(33)28-8-14-16(26)6-13(25)7-17(14)27/h6-7,9,11-12,18-19,32H,4-5,8,10H2,1-3H3,(H,28,33)/t12-,18-,19+/m0/s1. The maximum atomic E-state index is 13.9. The fourth-order valence-corrected chi connectivity index (χ4v) is 5.02. The molecule has 4 rings (SSSR count). The molecule has 10 heteroatoms. The van der Waals surface area contributed by atoms with E-state index in [1.54, 1.807) is 4.90 Å². The Hall–Kier alpha value is -3.30. The molecule has 0 unspecified atom stereocenters. The predicted octanol–water partition coefficient (Wildman–Crippen LogP) is 3.18. The Morgan fingerprint density at radius 2 is 1.82 bits per heavy atom. The van der Waals surface area contributed by atoms with Crippen molar-refractivity contribution in [3.05, 3.63) is 62.8 Å². The zero-order valence-corrected chi connectivity index (χ0v) is 19.1. The number of aromatic nitrogens is 1. The van der Waals surface area contributed by atoms with Crippen molar-refractivity contribution in [3.8, 4) is 5.75 Å². The monoisotopic (exact) mass is 477 g/mol. The third-order valence-electron chi connectivity index (χ3n) is 6.91. The molecule has 34 heavy (non-hydrogen) atoms. The highest BCUT2D eigenvalue weighted by Crippen LogP contribution is 2.37. The maximum absolute atomic E-state index is 13.9. The van der Waals surface area contributed by atoms with Crippen molar-refractivity contribution in [3.63, 3.8) is 0 Å². The van der Waals surface area contributed by atoms with E-state index >= 15 is 0 Å². The van der Waals surface area contributed by atoms with Crippen LogP contribution in [0.2, 0.25) is 0 Å². The molecule has 0 aliphatic carbocycles. The SMILES string of the molecule is CC(C)[C@@H]1CC[C@H](C)[C@H]2Cn3cc(C(=O)NCc4c(F)cc(F)cc4F)c(=O)c(O)c3C(=O)N21. The number of nitrogens with one attached hydrogen (secondary N) is 1.